The smallest absolute Gasteiger partial charge is 0.326 e. The molecular formula is C16H28N2O3. The van der Waals surface area contributed by atoms with E-state index in [2.05, 4.69) is 5.32 Å². The van der Waals surface area contributed by atoms with Crippen LogP contribution in [0.15, 0.2) is 0 Å². The first-order chi connectivity index (χ1) is 9.73. The van der Waals surface area contributed by atoms with Crippen molar-refractivity contribution < 1.29 is 14.7 Å². The van der Waals surface area contributed by atoms with Crippen molar-refractivity contribution in [2.45, 2.75) is 65.3 Å². The average molecular weight is 296 g/mol. The summed E-state index contributed by atoms with van der Waals surface area (Å²) in [4.78, 5) is 25.4. The maximum Gasteiger partial charge on any atom is 0.326 e. The molecule has 1 atom stereocenters. The molecule has 1 spiro atoms. The molecule has 2 aliphatic rings. The van der Waals surface area contributed by atoms with Gasteiger partial charge in [-0.15, -0.1) is 0 Å². The largest absolute Gasteiger partial charge is 0.480 e. The van der Waals surface area contributed by atoms with Crippen molar-refractivity contribution in [2.24, 2.45) is 10.8 Å². The molecule has 1 saturated heterocycles. The Morgan fingerprint density at radius 2 is 1.62 bits per heavy atom. The summed E-state index contributed by atoms with van der Waals surface area (Å²) in [5.41, 5.74) is -0.0308. The van der Waals surface area contributed by atoms with Crippen molar-refractivity contribution in [3.05, 3.63) is 0 Å². The highest BCUT2D eigenvalue weighted by Gasteiger charge is 2.39. The number of likely N-dealkylation sites (tertiary alicyclic amines) is 1. The maximum atomic E-state index is 12.3. The van der Waals surface area contributed by atoms with Gasteiger partial charge in [0.15, 0.2) is 0 Å². The van der Waals surface area contributed by atoms with Crippen LogP contribution in [0.1, 0.15) is 59.3 Å². The second kappa shape index (κ2) is 5.85. The fourth-order valence-electron chi connectivity index (χ4n) is 3.67. The zero-order chi connectivity index (χ0) is 15.7. The van der Waals surface area contributed by atoms with Crippen molar-refractivity contribution in [2.75, 3.05) is 13.1 Å². The molecular weight excluding hydrogens is 268 g/mol. The van der Waals surface area contributed by atoms with Crippen LogP contribution in [0.4, 0.5) is 4.79 Å². The number of urea groups is 1. The van der Waals surface area contributed by atoms with Crippen LogP contribution in [0.25, 0.3) is 0 Å². The third-order valence-electron chi connectivity index (χ3n) is 5.16. The topological polar surface area (TPSA) is 69.6 Å². The van der Waals surface area contributed by atoms with Crippen molar-refractivity contribution in [3.63, 3.8) is 0 Å². The molecule has 5 nitrogen and oxygen atoms in total. The van der Waals surface area contributed by atoms with Gasteiger partial charge in [0, 0.05) is 13.1 Å². The first kappa shape index (κ1) is 16.1. The Morgan fingerprint density at radius 3 is 2.05 bits per heavy atom. The van der Waals surface area contributed by atoms with Crippen LogP contribution in [0.2, 0.25) is 0 Å². The summed E-state index contributed by atoms with van der Waals surface area (Å²) >= 11 is 0. The van der Waals surface area contributed by atoms with Crippen LogP contribution >= 0.6 is 0 Å². The van der Waals surface area contributed by atoms with Gasteiger partial charge in [0.05, 0.1) is 0 Å². The lowest BCUT2D eigenvalue weighted by Crippen LogP contribution is -2.55. The van der Waals surface area contributed by atoms with E-state index in [1.54, 1.807) is 4.90 Å². The van der Waals surface area contributed by atoms with E-state index in [1.807, 2.05) is 20.8 Å². The maximum absolute atomic E-state index is 12.3. The number of hydrogen-bond donors (Lipinski definition) is 2. The predicted octanol–water partition coefficient (Wildman–Crippen LogP) is 2.85. The molecule has 0 aromatic rings. The number of piperidine rings is 1. The summed E-state index contributed by atoms with van der Waals surface area (Å²) in [6.07, 6.45) is 7.35. The molecule has 1 heterocycles. The second-order valence-electron chi connectivity index (χ2n) is 7.78. The van der Waals surface area contributed by atoms with Gasteiger partial charge in [0.2, 0.25) is 0 Å². The molecule has 2 rings (SSSR count). The molecule has 5 heteroatoms. The highest BCUT2D eigenvalue weighted by atomic mass is 16.4. The van der Waals surface area contributed by atoms with E-state index in [1.165, 1.54) is 25.7 Å². The van der Waals surface area contributed by atoms with Crippen LogP contribution < -0.4 is 5.32 Å². The second-order valence-corrected chi connectivity index (χ2v) is 7.78. The third-order valence-corrected chi connectivity index (χ3v) is 5.16. The molecule has 0 aromatic carbocycles. The van der Waals surface area contributed by atoms with Crippen LogP contribution in [0, 0.1) is 10.8 Å². The van der Waals surface area contributed by atoms with Gasteiger partial charge in [0.25, 0.3) is 0 Å². The van der Waals surface area contributed by atoms with Gasteiger partial charge in [-0.3, -0.25) is 0 Å². The van der Waals surface area contributed by atoms with Crippen LogP contribution in [0.3, 0.4) is 0 Å². The number of nitrogens with one attached hydrogen (secondary N) is 1. The quantitative estimate of drug-likeness (QED) is 0.823. The van der Waals surface area contributed by atoms with E-state index in [9.17, 15) is 14.7 Å². The van der Waals surface area contributed by atoms with Gasteiger partial charge in [-0.2, -0.15) is 0 Å². The van der Waals surface area contributed by atoms with E-state index in [-0.39, 0.29) is 6.03 Å². The molecule has 1 aliphatic carbocycles. The van der Waals surface area contributed by atoms with E-state index < -0.39 is 17.4 Å². The number of hydrogen-bond acceptors (Lipinski definition) is 2. The molecule has 2 fully saturated rings. The SMILES string of the molecule is CC(C)(C)C(NC(=O)N1CCC2(CCCC2)CC1)C(=O)O. The summed E-state index contributed by atoms with van der Waals surface area (Å²) in [6, 6.07) is -1.09. The van der Waals surface area contributed by atoms with E-state index in [4.69, 9.17) is 0 Å². The molecule has 0 bridgehead atoms. The summed E-state index contributed by atoms with van der Waals surface area (Å²) in [5.74, 6) is -0.972. The van der Waals surface area contributed by atoms with Gasteiger partial charge in [0.1, 0.15) is 6.04 Å². The van der Waals surface area contributed by atoms with E-state index >= 15 is 0 Å². The summed E-state index contributed by atoms with van der Waals surface area (Å²) in [7, 11) is 0. The number of nitrogens with zero attached hydrogens (tertiary/aromatic N) is 1. The normalized spacial score (nSPS) is 23.1. The van der Waals surface area contributed by atoms with Gasteiger partial charge in [-0.1, -0.05) is 33.6 Å². The fourth-order valence-corrected chi connectivity index (χ4v) is 3.67. The molecule has 1 saturated carbocycles. The zero-order valence-electron chi connectivity index (χ0n) is 13.4. The Labute approximate surface area is 127 Å². The Hall–Kier alpha value is -1.26. The van der Waals surface area contributed by atoms with Crippen molar-refractivity contribution in [1.82, 2.24) is 10.2 Å². The average Bonchev–Trinajstić information content (AvgIpc) is 2.83. The van der Waals surface area contributed by atoms with Crippen LogP contribution in [-0.4, -0.2) is 41.1 Å². The third kappa shape index (κ3) is 3.69. The monoisotopic (exact) mass is 296 g/mol. The fraction of sp³-hybridized carbons (Fsp3) is 0.875. The first-order valence-electron chi connectivity index (χ1n) is 8.02. The lowest BCUT2D eigenvalue weighted by Gasteiger charge is -2.40. The Morgan fingerprint density at radius 1 is 1.10 bits per heavy atom. The molecule has 1 unspecified atom stereocenters. The Kier molecular flexibility index (Phi) is 4.49. The number of aliphatic carboxylic acids is 1. The van der Waals surface area contributed by atoms with Crippen molar-refractivity contribution in [3.8, 4) is 0 Å². The minimum Gasteiger partial charge on any atom is -0.480 e. The Balaban J connectivity index is 1.91. The number of carboxylic acid groups (broad SMARTS) is 1. The number of amides is 2. The molecule has 2 N–H and O–H groups in total. The van der Waals surface area contributed by atoms with Crippen molar-refractivity contribution in [1.29, 1.82) is 0 Å². The molecule has 2 amide bonds. The van der Waals surface area contributed by atoms with E-state index in [0.717, 1.165) is 25.9 Å². The van der Waals surface area contributed by atoms with Gasteiger partial charge < -0.3 is 15.3 Å². The number of carboxylic acids is 1. The highest BCUT2D eigenvalue weighted by Crippen LogP contribution is 2.46. The first-order valence-corrected chi connectivity index (χ1v) is 8.02. The van der Waals surface area contributed by atoms with Gasteiger partial charge >= 0.3 is 12.0 Å². The molecule has 1 aliphatic heterocycles. The molecule has 120 valence electrons. The lowest BCUT2D eigenvalue weighted by atomic mass is 9.77. The summed E-state index contributed by atoms with van der Waals surface area (Å²) in [6.45, 7) is 6.99. The molecule has 0 radical (unpaired) electrons. The summed E-state index contributed by atoms with van der Waals surface area (Å²) < 4.78 is 0. The minimum atomic E-state index is -0.972. The zero-order valence-corrected chi connectivity index (χ0v) is 13.4. The van der Waals surface area contributed by atoms with Gasteiger partial charge in [-0.25, -0.2) is 9.59 Å². The van der Waals surface area contributed by atoms with Gasteiger partial charge in [-0.05, 0) is 36.5 Å². The lowest BCUT2D eigenvalue weighted by molar-refractivity contribution is -0.142. The highest BCUT2D eigenvalue weighted by molar-refractivity contribution is 5.83. The summed E-state index contributed by atoms with van der Waals surface area (Å²) in [5, 5.41) is 12.0. The predicted molar refractivity (Wildman–Crippen MR) is 81.1 cm³/mol. The number of carbonyl (C=O) groups excluding carboxylic acids is 1. The molecule has 0 aromatic heterocycles. The number of carbonyl (C=O) groups is 2. The molecule has 21 heavy (non-hydrogen) atoms. The number of rotatable bonds is 2. The van der Waals surface area contributed by atoms with Crippen LogP contribution in [-0.2, 0) is 4.79 Å². The standard InChI is InChI=1S/C16H28N2O3/c1-15(2,3)12(13(19)20)17-14(21)18-10-8-16(9-11-18)6-4-5-7-16/h12H,4-11H2,1-3H3,(H,17,21)(H,19,20). The minimum absolute atomic E-state index is 0.231. The Bertz CT molecular complexity index is 398. The van der Waals surface area contributed by atoms with E-state index in [0.29, 0.717) is 5.41 Å². The van der Waals surface area contributed by atoms with Crippen molar-refractivity contribution >= 4 is 12.0 Å². The van der Waals surface area contributed by atoms with Crippen LogP contribution in [0.5, 0.6) is 0 Å².